The summed E-state index contributed by atoms with van der Waals surface area (Å²) in [5.41, 5.74) is -0.399. The molecule has 0 spiro atoms. The monoisotopic (exact) mass is 640 g/mol. The molecule has 1 saturated heterocycles. The summed E-state index contributed by atoms with van der Waals surface area (Å²) in [5, 5.41) is 11.3. The van der Waals surface area contributed by atoms with E-state index in [-0.39, 0.29) is 35.0 Å². The fraction of sp³-hybridized carbons (Fsp3) is 0.200. The SMILES string of the molecule is O=C1N(c2ccc(F)cc2)C(=O)C2(Cl)C(c3cc(Cl)ccc3O)C3=CCn4c(=O)n(-c5ccccc5)c(=O)n4C3CC12Cl. The van der Waals surface area contributed by atoms with E-state index in [9.17, 15) is 28.7 Å². The lowest BCUT2D eigenvalue weighted by Crippen LogP contribution is -2.59. The van der Waals surface area contributed by atoms with Crippen LogP contribution in [0, 0.1) is 5.82 Å². The van der Waals surface area contributed by atoms with Crippen LogP contribution in [0.25, 0.3) is 5.69 Å². The first-order valence-electron chi connectivity index (χ1n) is 13.2. The molecule has 0 radical (unpaired) electrons. The van der Waals surface area contributed by atoms with Crippen LogP contribution in [0.5, 0.6) is 5.75 Å². The fourth-order valence-corrected chi connectivity index (χ4v) is 7.65. The predicted molar refractivity (Wildman–Crippen MR) is 158 cm³/mol. The van der Waals surface area contributed by atoms with Crippen molar-refractivity contribution in [3.8, 4) is 11.4 Å². The number of rotatable bonds is 3. The number of hydrogen-bond acceptors (Lipinski definition) is 5. The summed E-state index contributed by atoms with van der Waals surface area (Å²) < 4.78 is 17.2. The minimum absolute atomic E-state index is 0.0428. The topological polar surface area (TPSA) is 107 Å². The van der Waals surface area contributed by atoms with Gasteiger partial charge in [0, 0.05) is 22.9 Å². The van der Waals surface area contributed by atoms with E-state index in [4.69, 9.17) is 34.8 Å². The lowest BCUT2D eigenvalue weighted by Gasteiger charge is -2.49. The minimum atomic E-state index is -2.21. The molecule has 0 bridgehead atoms. The summed E-state index contributed by atoms with van der Waals surface area (Å²) >= 11 is 20.8. The van der Waals surface area contributed by atoms with Gasteiger partial charge < -0.3 is 5.11 Å². The maximum absolute atomic E-state index is 14.3. The highest BCUT2D eigenvalue weighted by molar-refractivity contribution is 6.58. The first kappa shape index (κ1) is 27.7. The van der Waals surface area contributed by atoms with E-state index in [1.807, 2.05) is 0 Å². The van der Waals surface area contributed by atoms with Crippen LogP contribution >= 0.6 is 34.8 Å². The number of halogens is 4. The molecular formula is C30H20Cl3FN4O5. The summed E-state index contributed by atoms with van der Waals surface area (Å²) in [6.07, 6.45) is 1.31. The zero-order valence-electron chi connectivity index (χ0n) is 22.0. The molecule has 4 unspecified atom stereocenters. The van der Waals surface area contributed by atoms with Crippen molar-refractivity contribution in [2.75, 3.05) is 4.90 Å². The molecule has 3 aromatic carbocycles. The van der Waals surface area contributed by atoms with E-state index >= 15 is 0 Å². The molecule has 7 rings (SSSR count). The Balaban J connectivity index is 1.49. The number of carbonyl (C=O) groups is 2. The highest BCUT2D eigenvalue weighted by Crippen LogP contribution is 2.64. The van der Waals surface area contributed by atoms with Crippen LogP contribution in [0.15, 0.2) is 94.0 Å². The summed E-state index contributed by atoms with van der Waals surface area (Å²) in [7, 11) is 0. The number of hydrogen-bond donors (Lipinski definition) is 1. The summed E-state index contributed by atoms with van der Waals surface area (Å²) in [5.74, 6) is -3.89. The Morgan fingerprint density at radius 1 is 0.860 bits per heavy atom. The number of para-hydroxylation sites is 1. The number of allylic oxidation sites excluding steroid dienone is 2. The predicted octanol–water partition coefficient (Wildman–Crippen LogP) is 4.50. The van der Waals surface area contributed by atoms with E-state index in [0.717, 1.165) is 21.6 Å². The molecule has 1 aromatic heterocycles. The summed E-state index contributed by atoms with van der Waals surface area (Å²) in [6.45, 7) is -0.0658. The van der Waals surface area contributed by atoms with Crippen molar-refractivity contribution in [3.63, 3.8) is 0 Å². The van der Waals surface area contributed by atoms with Gasteiger partial charge in [-0.3, -0.25) is 9.59 Å². The van der Waals surface area contributed by atoms with Crippen molar-refractivity contribution < 1.29 is 19.1 Å². The van der Waals surface area contributed by atoms with Gasteiger partial charge in [-0.15, -0.1) is 23.2 Å². The molecular weight excluding hydrogens is 622 g/mol. The number of benzene rings is 3. The van der Waals surface area contributed by atoms with Crippen molar-refractivity contribution >= 4 is 52.3 Å². The smallest absolute Gasteiger partial charge is 0.352 e. The molecule has 1 saturated carbocycles. The maximum Gasteiger partial charge on any atom is 0.352 e. The Hall–Kier alpha value is -4.12. The number of nitrogens with zero attached hydrogens (tertiary/aromatic N) is 4. The lowest BCUT2D eigenvalue weighted by atomic mass is 9.64. The quantitative estimate of drug-likeness (QED) is 0.202. The third kappa shape index (κ3) is 3.63. The molecule has 3 aliphatic rings. The number of aromatic hydroxyl groups is 1. The highest BCUT2D eigenvalue weighted by Gasteiger charge is 2.76. The van der Waals surface area contributed by atoms with Gasteiger partial charge in [-0.2, -0.15) is 0 Å². The van der Waals surface area contributed by atoms with Gasteiger partial charge in [-0.25, -0.2) is 32.8 Å². The standard InChI is InChI=1S/C30H20Cl3FN4O5/c31-16-6-11-23(39)21(14-16)24-20-12-13-35-27(42)37(18-4-2-1-3-5-18)28(43)38(35)22(20)15-29(32)25(40)36(26(41)30(24,29)33)19-9-7-17(34)8-10-19/h1-12,14,22,24,39H,13,15H2. The molecule has 2 aliphatic heterocycles. The van der Waals surface area contributed by atoms with Gasteiger partial charge in [0.25, 0.3) is 11.8 Å². The van der Waals surface area contributed by atoms with Crippen LogP contribution in [0.3, 0.4) is 0 Å². The first-order chi connectivity index (χ1) is 20.5. The van der Waals surface area contributed by atoms with Crippen LogP contribution in [-0.2, 0) is 16.1 Å². The van der Waals surface area contributed by atoms with Crippen LogP contribution in [0.2, 0.25) is 5.02 Å². The molecule has 9 nitrogen and oxygen atoms in total. The molecule has 13 heteroatoms. The van der Waals surface area contributed by atoms with E-state index < -0.39 is 50.7 Å². The average Bonchev–Trinajstić information content (AvgIpc) is 3.33. The van der Waals surface area contributed by atoms with E-state index in [1.54, 1.807) is 36.4 Å². The number of carbonyl (C=O) groups excluding carboxylic acids is 2. The molecule has 1 aliphatic carbocycles. The van der Waals surface area contributed by atoms with E-state index in [0.29, 0.717) is 11.3 Å². The van der Waals surface area contributed by atoms with Gasteiger partial charge in [0.05, 0.1) is 24.0 Å². The van der Waals surface area contributed by atoms with Crippen LogP contribution in [-0.4, -0.2) is 40.6 Å². The number of fused-ring (bicyclic) bond motifs is 4. The molecule has 218 valence electrons. The van der Waals surface area contributed by atoms with Gasteiger partial charge in [0.15, 0.2) is 9.75 Å². The molecule has 43 heavy (non-hydrogen) atoms. The second kappa shape index (κ2) is 9.44. The number of imide groups is 1. The maximum atomic E-state index is 14.3. The Morgan fingerprint density at radius 3 is 2.26 bits per heavy atom. The first-order valence-corrected chi connectivity index (χ1v) is 14.3. The average molecular weight is 642 g/mol. The third-order valence-electron chi connectivity index (χ3n) is 8.48. The highest BCUT2D eigenvalue weighted by atomic mass is 35.5. The number of phenolic OH excluding ortho intramolecular Hbond substituents is 1. The fourth-order valence-electron chi connectivity index (χ4n) is 6.56. The van der Waals surface area contributed by atoms with Crippen LogP contribution in [0.4, 0.5) is 10.1 Å². The molecule has 1 N–H and O–H groups in total. The summed E-state index contributed by atoms with van der Waals surface area (Å²) in [4.78, 5) is 52.3. The van der Waals surface area contributed by atoms with Crippen LogP contribution in [0.1, 0.15) is 23.9 Å². The van der Waals surface area contributed by atoms with Crippen molar-refractivity contribution in [2.24, 2.45) is 0 Å². The molecule has 4 aromatic rings. The Kier molecular flexibility index (Phi) is 6.08. The Labute approximate surface area is 257 Å². The second-order valence-electron chi connectivity index (χ2n) is 10.7. The zero-order valence-corrected chi connectivity index (χ0v) is 24.2. The summed E-state index contributed by atoms with van der Waals surface area (Å²) in [6, 6.07) is 16.2. The third-order valence-corrected chi connectivity index (χ3v) is 10.1. The van der Waals surface area contributed by atoms with Gasteiger partial charge in [-0.1, -0.05) is 35.9 Å². The normalized spacial score (nSPS) is 26.1. The van der Waals surface area contributed by atoms with Crippen LogP contribution < -0.4 is 16.3 Å². The van der Waals surface area contributed by atoms with Gasteiger partial charge in [0.2, 0.25) is 0 Å². The Morgan fingerprint density at radius 2 is 1.56 bits per heavy atom. The van der Waals surface area contributed by atoms with Crippen molar-refractivity contribution in [1.29, 1.82) is 0 Å². The number of anilines is 1. The molecule has 2 amide bonds. The zero-order chi connectivity index (χ0) is 30.4. The van der Waals surface area contributed by atoms with Crippen molar-refractivity contribution in [1.82, 2.24) is 13.9 Å². The number of amides is 2. The molecule has 3 heterocycles. The van der Waals surface area contributed by atoms with Gasteiger partial charge >= 0.3 is 11.4 Å². The second-order valence-corrected chi connectivity index (χ2v) is 12.3. The van der Waals surface area contributed by atoms with Crippen molar-refractivity contribution in [2.45, 2.75) is 34.7 Å². The minimum Gasteiger partial charge on any atom is -0.508 e. The van der Waals surface area contributed by atoms with Gasteiger partial charge in [0.1, 0.15) is 11.6 Å². The number of phenols is 1. The van der Waals surface area contributed by atoms with Crippen molar-refractivity contribution in [3.05, 3.63) is 122 Å². The lowest BCUT2D eigenvalue weighted by molar-refractivity contribution is -0.122. The molecule has 2 fully saturated rings. The molecule has 4 atom stereocenters. The van der Waals surface area contributed by atoms with E-state index in [2.05, 4.69) is 0 Å². The number of aromatic nitrogens is 3. The Bertz CT molecular complexity index is 2000. The van der Waals surface area contributed by atoms with E-state index in [1.165, 1.54) is 39.7 Å². The number of alkyl halides is 2. The van der Waals surface area contributed by atoms with Gasteiger partial charge in [-0.05, 0) is 60.2 Å². The largest absolute Gasteiger partial charge is 0.508 e.